The van der Waals surface area contributed by atoms with E-state index in [-0.39, 0.29) is 23.7 Å². The third-order valence-corrected chi connectivity index (χ3v) is 7.48. The standard InChI is InChI=1S/C30H29F3N6O2S/c1-4-42-29(36-26-18(2)6-5-7-19(26)3)37-28(40)35-25-16-24(25)20-8-10-21(11-9-20)27-34-17-39(38-27)22-12-14-23(15-13-22)41-30(31,32)33/h5-15,17,24-25H,4,16H2,1-3H3,(H2,35,36,37,40). The van der Waals surface area contributed by atoms with Gasteiger partial charge in [-0.2, -0.15) is 4.99 Å². The molecule has 4 aromatic rings. The first-order valence-electron chi connectivity index (χ1n) is 13.3. The molecule has 1 aliphatic carbocycles. The summed E-state index contributed by atoms with van der Waals surface area (Å²) >= 11 is 1.48. The Labute approximate surface area is 245 Å². The zero-order chi connectivity index (χ0) is 29.9. The van der Waals surface area contributed by atoms with Crippen molar-refractivity contribution in [2.24, 2.45) is 4.99 Å². The molecule has 5 rings (SSSR count). The third kappa shape index (κ3) is 7.30. The number of benzene rings is 3. The van der Waals surface area contributed by atoms with Gasteiger partial charge in [0.2, 0.25) is 0 Å². The van der Waals surface area contributed by atoms with Gasteiger partial charge < -0.3 is 15.4 Å². The van der Waals surface area contributed by atoms with Gasteiger partial charge >= 0.3 is 12.4 Å². The van der Waals surface area contributed by atoms with Crippen LogP contribution >= 0.6 is 11.8 Å². The predicted molar refractivity (Wildman–Crippen MR) is 158 cm³/mol. The van der Waals surface area contributed by atoms with Crippen molar-refractivity contribution in [2.45, 2.75) is 45.5 Å². The number of carbonyl (C=O) groups excluding carboxylic acids is 1. The van der Waals surface area contributed by atoms with E-state index in [2.05, 4.69) is 30.4 Å². The van der Waals surface area contributed by atoms with Crippen molar-refractivity contribution in [3.8, 4) is 22.8 Å². The summed E-state index contributed by atoms with van der Waals surface area (Å²) in [7, 11) is 0. The summed E-state index contributed by atoms with van der Waals surface area (Å²) in [5, 5.41) is 11.3. The van der Waals surface area contributed by atoms with Crippen LogP contribution < -0.4 is 15.4 Å². The lowest BCUT2D eigenvalue weighted by Gasteiger charge is -2.13. The van der Waals surface area contributed by atoms with Crippen molar-refractivity contribution in [3.63, 3.8) is 0 Å². The SMILES string of the molecule is CCS/C(=N\C(=O)NC1CC1c1ccc(-c2ncn(-c3ccc(OC(F)(F)F)cc3)n2)cc1)Nc1c(C)cccc1C. The largest absolute Gasteiger partial charge is 0.573 e. The van der Waals surface area contributed by atoms with Crippen LogP contribution in [0, 0.1) is 13.8 Å². The lowest BCUT2D eigenvalue weighted by molar-refractivity contribution is -0.274. The Morgan fingerprint density at radius 3 is 2.40 bits per heavy atom. The minimum Gasteiger partial charge on any atom is -0.406 e. The molecule has 2 amide bonds. The van der Waals surface area contributed by atoms with Gasteiger partial charge in [0, 0.05) is 23.2 Å². The Morgan fingerprint density at radius 2 is 1.76 bits per heavy atom. The van der Waals surface area contributed by atoms with E-state index in [1.54, 1.807) is 0 Å². The number of nitrogens with one attached hydrogen (secondary N) is 2. The molecule has 0 saturated heterocycles. The molecule has 0 radical (unpaired) electrons. The molecule has 8 nitrogen and oxygen atoms in total. The maximum Gasteiger partial charge on any atom is 0.573 e. The first kappa shape index (κ1) is 29.2. The number of hydrogen-bond acceptors (Lipinski definition) is 5. The van der Waals surface area contributed by atoms with E-state index >= 15 is 0 Å². The van der Waals surface area contributed by atoms with Crippen LogP contribution in [0.15, 0.2) is 78.0 Å². The highest BCUT2D eigenvalue weighted by atomic mass is 32.2. The Morgan fingerprint density at radius 1 is 1.07 bits per heavy atom. The summed E-state index contributed by atoms with van der Waals surface area (Å²) in [6.07, 6.45) is -2.43. The van der Waals surface area contributed by atoms with Gasteiger partial charge in [0.25, 0.3) is 0 Å². The van der Waals surface area contributed by atoms with Crippen LogP contribution in [0.5, 0.6) is 5.75 Å². The lowest BCUT2D eigenvalue weighted by atomic mass is 10.1. The number of aryl methyl sites for hydroxylation is 2. The number of thioether (sulfide) groups is 1. The fraction of sp³-hybridized carbons (Fsp3) is 0.267. The van der Waals surface area contributed by atoms with E-state index in [1.807, 2.05) is 63.2 Å². The molecular weight excluding hydrogens is 565 g/mol. The Kier molecular flexibility index (Phi) is 8.53. The highest BCUT2D eigenvalue weighted by molar-refractivity contribution is 8.14. The summed E-state index contributed by atoms with van der Waals surface area (Å²) in [6, 6.07) is 18.8. The number of alkyl halides is 3. The quantitative estimate of drug-likeness (QED) is 0.173. The van der Waals surface area contributed by atoms with Gasteiger partial charge in [-0.1, -0.05) is 61.2 Å². The fourth-order valence-electron chi connectivity index (χ4n) is 4.56. The number of anilines is 1. The van der Waals surface area contributed by atoms with Crippen molar-refractivity contribution in [1.29, 1.82) is 0 Å². The zero-order valence-electron chi connectivity index (χ0n) is 23.1. The second-order valence-electron chi connectivity index (χ2n) is 9.82. The van der Waals surface area contributed by atoms with E-state index in [9.17, 15) is 18.0 Å². The van der Waals surface area contributed by atoms with Gasteiger partial charge in [-0.15, -0.1) is 18.3 Å². The van der Waals surface area contributed by atoms with E-state index < -0.39 is 6.36 Å². The summed E-state index contributed by atoms with van der Waals surface area (Å²) in [5.41, 5.74) is 5.55. The van der Waals surface area contributed by atoms with Crippen molar-refractivity contribution < 1.29 is 22.7 Å². The topological polar surface area (TPSA) is 93.4 Å². The van der Waals surface area contributed by atoms with Gasteiger partial charge in [0.05, 0.1) is 5.69 Å². The Balaban J connectivity index is 1.18. The van der Waals surface area contributed by atoms with E-state index in [4.69, 9.17) is 0 Å². The van der Waals surface area contributed by atoms with Gasteiger partial charge in [-0.3, -0.25) is 0 Å². The molecule has 1 saturated carbocycles. The number of para-hydroxylation sites is 1. The number of aromatic nitrogens is 3. The van der Waals surface area contributed by atoms with Crippen LogP contribution in [-0.4, -0.2) is 44.1 Å². The van der Waals surface area contributed by atoms with Gasteiger partial charge in [-0.25, -0.2) is 14.5 Å². The number of urea groups is 1. The van der Waals surface area contributed by atoms with Gasteiger partial charge in [0.15, 0.2) is 11.0 Å². The molecule has 1 aromatic heterocycles. The number of halogens is 3. The highest BCUT2D eigenvalue weighted by Crippen LogP contribution is 2.41. The summed E-state index contributed by atoms with van der Waals surface area (Å²) in [5.74, 6) is 1.14. The highest BCUT2D eigenvalue weighted by Gasteiger charge is 2.39. The van der Waals surface area contributed by atoms with Crippen molar-refractivity contribution >= 4 is 28.6 Å². The smallest absolute Gasteiger partial charge is 0.406 e. The number of amides is 2. The third-order valence-electron chi connectivity index (χ3n) is 6.72. The first-order chi connectivity index (χ1) is 20.1. The van der Waals surface area contributed by atoms with Crippen LogP contribution in [-0.2, 0) is 0 Å². The van der Waals surface area contributed by atoms with Crippen LogP contribution in [0.25, 0.3) is 17.1 Å². The Hall–Kier alpha value is -4.32. The fourth-order valence-corrected chi connectivity index (χ4v) is 5.15. The molecule has 12 heteroatoms. The average Bonchev–Trinajstić information content (AvgIpc) is 3.52. The second-order valence-corrected chi connectivity index (χ2v) is 11.1. The van der Waals surface area contributed by atoms with Crippen LogP contribution in [0.2, 0.25) is 0 Å². The predicted octanol–water partition coefficient (Wildman–Crippen LogP) is 7.24. The first-order valence-corrected chi connectivity index (χ1v) is 14.3. The lowest BCUT2D eigenvalue weighted by Crippen LogP contribution is -2.25. The molecule has 0 bridgehead atoms. The molecule has 42 heavy (non-hydrogen) atoms. The summed E-state index contributed by atoms with van der Waals surface area (Å²) in [6.45, 7) is 6.05. The van der Waals surface area contributed by atoms with Gasteiger partial charge in [-0.05, 0) is 67.0 Å². The molecule has 0 aliphatic heterocycles. The molecule has 2 atom stereocenters. The summed E-state index contributed by atoms with van der Waals surface area (Å²) < 4.78 is 42.6. The molecular formula is C30H29F3N6O2S. The zero-order valence-corrected chi connectivity index (χ0v) is 24.0. The number of rotatable bonds is 7. The van der Waals surface area contributed by atoms with E-state index in [0.717, 1.165) is 40.1 Å². The van der Waals surface area contributed by atoms with Crippen molar-refractivity contribution in [3.05, 3.63) is 89.7 Å². The number of aliphatic imine (C=N–C) groups is 1. The molecule has 1 heterocycles. The van der Waals surface area contributed by atoms with Gasteiger partial charge in [0.1, 0.15) is 12.1 Å². The van der Waals surface area contributed by atoms with Crippen LogP contribution in [0.3, 0.4) is 0 Å². The molecule has 2 unspecified atom stereocenters. The van der Waals surface area contributed by atoms with E-state index in [0.29, 0.717) is 16.7 Å². The van der Waals surface area contributed by atoms with Crippen LogP contribution in [0.1, 0.15) is 36.0 Å². The number of carbonyl (C=O) groups is 1. The number of amidine groups is 1. The Bertz CT molecular complexity index is 1570. The average molecular weight is 595 g/mol. The number of nitrogens with zero attached hydrogens (tertiary/aromatic N) is 4. The number of ether oxygens (including phenoxy) is 1. The van der Waals surface area contributed by atoms with E-state index in [1.165, 1.54) is 47.0 Å². The molecule has 2 N–H and O–H groups in total. The monoisotopic (exact) mass is 594 g/mol. The normalized spacial score (nSPS) is 16.7. The maximum atomic E-state index is 12.7. The minimum atomic E-state index is -4.75. The molecule has 218 valence electrons. The molecule has 0 spiro atoms. The second kappa shape index (κ2) is 12.3. The molecule has 3 aromatic carbocycles. The van der Waals surface area contributed by atoms with Crippen LogP contribution in [0.4, 0.5) is 23.7 Å². The molecule has 1 fully saturated rings. The minimum absolute atomic E-state index is 0.00167. The summed E-state index contributed by atoms with van der Waals surface area (Å²) in [4.78, 5) is 21.4. The maximum absolute atomic E-state index is 12.7. The van der Waals surface area contributed by atoms with Crippen molar-refractivity contribution in [1.82, 2.24) is 20.1 Å². The van der Waals surface area contributed by atoms with Crippen molar-refractivity contribution in [2.75, 3.05) is 11.1 Å². The number of hydrogen-bond donors (Lipinski definition) is 2. The molecule has 1 aliphatic rings.